The number of unbranched alkanes of at least 4 members (excludes halogenated alkanes) is 18. The SMILES string of the molecule is CCCCCCCCCc1ccccc1C(O)C(CO)(CO)C(O)(c1ccccc1CCCCCCCCC)c1ccccc1CCCCCCCCC. The number of aliphatic hydroxyl groups is 4. The van der Waals surface area contributed by atoms with Crippen molar-refractivity contribution in [3.63, 3.8) is 0 Å². The highest BCUT2D eigenvalue weighted by atomic mass is 16.3. The average molecular weight is 743 g/mol. The van der Waals surface area contributed by atoms with Crippen LogP contribution in [0.1, 0.15) is 195 Å². The van der Waals surface area contributed by atoms with Gasteiger partial charge in [0.1, 0.15) is 5.60 Å². The quantitative estimate of drug-likeness (QED) is 0.0495. The topological polar surface area (TPSA) is 80.9 Å². The minimum Gasteiger partial charge on any atom is -0.395 e. The predicted molar refractivity (Wildman–Crippen MR) is 229 cm³/mol. The summed E-state index contributed by atoms with van der Waals surface area (Å²) in [5, 5.41) is 49.7. The summed E-state index contributed by atoms with van der Waals surface area (Å²) in [4.78, 5) is 0. The van der Waals surface area contributed by atoms with Crippen molar-refractivity contribution in [2.75, 3.05) is 13.2 Å². The molecule has 3 aromatic rings. The van der Waals surface area contributed by atoms with E-state index >= 15 is 0 Å². The van der Waals surface area contributed by atoms with Crippen molar-refractivity contribution in [1.29, 1.82) is 0 Å². The van der Waals surface area contributed by atoms with Gasteiger partial charge in [0.05, 0.1) is 24.7 Å². The van der Waals surface area contributed by atoms with Crippen molar-refractivity contribution in [3.8, 4) is 0 Å². The molecule has 3 aromatic carbocycles. The first-order valence-corrected chi connectivity index (χ1v) is 22.3. The van der Waals surface area contributed by atoms with Gasteiger partial charge in [0.25, 0.3) is 0 Å². The molecule has 0 amide bonds. The third-order valence-corrected chi connectivity index (χ3v) is 12.1. The molecule has 0 saturated heterocycles. The van der Waals surface area contributed by atoms with Crippen LogP contribution in [0.5, 0.6) is 0 Å². The summed E-state index contributed by atoms with van der Waals surface area (Å²) in [6, 6.07) is 24.0. The van der Waals surface area contributed by atoms with Crippen LogP contribution in [-0.4, -0.2) is 33.6 Å². The maximum Gasteiger partial charge on any atom is 0.128 e. The van der Waals surface area contributed by atoms with Gasteiger partial charge in [0.15, 0.2) is 0 Å². The molecule has 0 spiro atoms. The number of hydrogen-bond donors (Lipinski definition) is 4. The van der Waals surface area contributed by atoms with Gasteiger partial charge in [-0.1, -0.05) is 209 Å². The summed E-state index contributed by atoms with van der Waals surface area (Å²) < 4.78 is 0. The largest absolute Gasteiger partial charge is 0.395 e. The Hall–Kier alpha value is -2.50. The normalized spacial score (nSPS) is 12.7. The number of hydrogen-bond acceptors (Lipinski definition) is 4. The van der Waals surface area contributed by atoms with Gasteiger partial charge in [-0.15, -0.1) is 0 Å². The minimum atomic E-state index is -1.88. The molecule has 1 unspecified atom stereocenters. The molecule has 4 N–H and O–H groups in total. The van der Waals surface area contributed by atoms with E-state index in [-0.39, 0.29) is 0 Å². The molecular weight excluding hydrogens is 665 g/mol. The third-order valence-electron chi connectivity index (χ3n) is 12.1. The summed E-state index contributed by atoms with van der Waals surface area (Å²) in [6.45, 7) is 5.55. The molecule has 302 valence electrons. The van der Waals surface area contributed by atoms with Crippen LogP contribution < -0.4 is 0 Å². The predicted octanol–water partition coefficient (Wildman–Crippen LogP) is 12.5. The summed E-state index contributed by atoms with van der Waals surface area (Å²) >= 11 is 0. The molecule has 1 atom stereocenters. The van der Waals surface area contributed by atoms with Crippen molar-refractivity contribution in [2.24, 2.45) is 5.41 Å². The Morgan fingerprint density at radius 1 is 0.426 bits per heavy atom. The molecule has 0 aliphatic heterocycles. The van der Waals surface area contributed by atoms with Crippen molar-refractivity contribution in [2.45, 2.75) is 187 Å². The lowest BCUT2D eigenvalue weighted by Crippen LogP contribution is -2.56. The van der Waals surface area contributed by atoms with Gasteiger partial charge in [-0.3, -0.25) is 0 Å². The van der Waals surface area contributed by atoms with E-state index in [1.165, 1.54) is 96.3 Å². The van der Waals surface area contributed by atoms with E-state index in [2.05, 4.69) is 39.0 Å². The van der Waals surface area contributed by atoms with E-state index in [9.17, 15) is 20.4 Å². The first kappa shape index (κ1) is 45.9. The molecule has 0 aliphatic rings. The molecule has 0 aromatic heterocycles. The zero-order valence-corrected chi connectivity index (χ0v) is 34.7. The van der Waals surface area contributed by atoms with Crippen molar-refractivity contribution < 1.29 is 20.4 Å². The Balaban J connectivity index is 2.06. The zero-order chi connectivity index (χ0) is 38.9. The summed E-state index contributed by atoms with van der Waals surface area (Å²) in [5.74, 6) is 0. The fraction of sp³-hybridized carbons (Fsp3) is 0.640. The maximum atomic E-state index is 13.8. The van der Waals surface area contributed by atoms with E-state index in [1.54, 1.807) is 0 Å². The second-order valence-corrected chi connectivity index (χ2v) is 16.2. The zero-order valence-electron chi connectivity index (χ0n) is 34.7. The molecule has 0 fully saturated rings. The lowest BCUT2D eigenvalue weighted by atomic mass is 9.59. The van der Waals surface area contributed by atoms with E-state index < -0.39 is 30.3 Å². The molecule has 54 heavy (non-hydrogen) atoms. The van der Waals surface area contributed by atoms with Crippen LogP contribution in [0.2, 0.25) is 0 Å². The van der Waals surface area contributed by atoms with Crippen LogP contribution in [-0.2, 0) is 24.9 Å². The molecule has 3 rings (SSSR count). The molecule has 0 radical (unpaired) electrons. The molecule has 4 nitrogen and oxygen atoms in total. The minimum absolute atomic E-state index is 0.593. The lowest BCUT2D eigenvalue weighted by Gasteiger charge is -2.50. The Morgan fingerprint density at radius 3 is 1.13 bits per heavy atom. The van der Waals surface area contributed by atoms with Crippen molar-refractivity contribution >= 4 is 0 Å². The molecule has 0 bridgehead atoms. The van der Waals surface area contributed by atoms with Crippen molar-refractivity contribution in [1.82, 2.24) is 0 Å². The van der Waals surface area contributed by atoms with Crippen LogP contribution in [0.3, 0.4) is 0 Å². The van der Waals surface area contributed by atoms with Gasteiger partial charge in [-0.2, -0.15) is 0 Å². The van der Waals surface area contributed by atoms with Crippen LogP contribution in [0.15, 0.2) is 72.8 Å². The molecule has 0 heterocycles. The van der Waals surface area contributed by atoms with Gasteiger partial charge in [0.2, 0.25) is 0 Å². The van der Waals surface area contributed by atoms with Crippen molar-refractivity contribution in [3.05, 3.63) is 106 Å². The molecule has 4 heteroatoms. The van der Waals surface area contributed by atoms with E-state index in [0.29, 0.717) is 16.7 Å². The van der Waals surface area contributed by atoms with Gasteiger partial charge >= 0.3 is 0 Å². The second kappa shape index (κ2) is 26.4. The van der Waals surface area contributed by atoms with Gasteiger partial charge in [-0.05, 0) is 71.9 Å². The van der Waals surface area contributed by atoms with Gasteiger partial charge < -0.3 is 20.4 Å². The molecule has 0 saturated carbocycles. The van der Waals surface area contributed by atoms with Crippen LogP contribution in [0.4, 0.5) is 0 Å². The van der Waals surface area contributed by atoms with Gasteiger partial charge in [-0.25, -0.2) is 0 Å². The maximum absolute atomic E-state index is 13.8. The Kier molecular flexibility index (Phi) is 22.4. The van der Waals surface area contributed by atoms with Crippen LogP contribution in [0, 0.1) is 5.41 Å². The summed E-state index contributed by atoms with van der Waals surface area (Å²) in [6.07, 6.45) is 26.1. The van der Waals surface area contributed by atoms with E-state index in [0.717, 1.165) is 74.5 Å². The first-order valence-electron chi connectivity index (χ1n) is 22.3. The second-order valence-electron chi connectivity index (χ2n) is 16.2. The highest BCUT2D eigenvalue weighted by molar-refractivity contribution is 5.49. The first-order chi connectivity index (χ1) is 26.4. The summed E-state index contributed by atoms with van der Waals surface area (Å²) in [5.41, 5.74) is 1.46. The third kappa shape index (κ3) is 13.0. The van der Waals surface area contributed by atoms with Gasteiger partial charge in [0, 0.05) is 0 Å². The molecular formula is C50H78O4. The average Bonchev–Trinajstić information content (AvgIpc) is 3.20. The monoisotopic (exact) mass is 743 g/mol. The van der Waals surface area contributed by atoms with E-state index in [1.807, 2.05) is 54.6 Å². The standard InChI is InChI=1S/C50H78O4/c1-4-7-10-13-16-19-22-31-42-32-25-28-37-45(42)48(53)49(40-51,41-52)50(54,46-38-29-26-35-43(46)33-23-20-17-14-11-8-5-2)47-39-30-27-36-44(47)34-24-21-18-15-12-9-6-3/h25-30,32,35-39,48,51-54H,4-24,31,33-34,40-41H2,1-3H3. The number of benzene rings is 3. The number of aliphatic hydroxyl groups excluding tert-OH is 3. The number of rotatable bonds is 31. The lowest BCUT2D eigenvalue weighted by molar-refractivity contribution is -0.173. The number of aryl methyl sites for hydroxylation is 3. The Labute approximate surface area is 330 Å². The Morgan fingerprint density at radius 2 is 0.741 bits per heavy atom. The fourth-order valence-corrected chi connectivity index (χ4v) is 8.66. The summed E-state index contributed by atoms with van der Waals surface area (Å²) in [7, 11) is 0. The van der Waals surface area contributed by atoms with E-state index in [4.69, 9.17) is 0 Å². The van der Waals surface area contributed by atoms with Crippen LogP contribution in [0.25, 0.3) is 0 Å². The smallest absolute Gasteiger partial charge is 0.128 e. The fourth-order valence-electron chi connectivity index (χ4n) is 8.66. The highest BCUT2D eigenvalue weighted by Crippen LogP contribution is 2.54. The highest BCUT2D eigenvalue weighted by Gasteiger charge is 2.58. The Bertz CT molecular complexity index is 1330. The molecule has 0 aliphatic carbocycles. The van der Waals surface area contributed by atoms with Crippen LogP contribution >= 0.6 is 0 Å².